The molecule has 1 saturated carbocycles. The Morgan fingerprint density at radius 1 is 1.35 bits per heavy atom. The zero-order valence-corrected chi connectivity index (χ0v) is 11.0. The molecule has 0 aromatic carbocycles. The molecule has 0 spiro atoms. The third-order valence-electron chi connectivity index (χ3n) is 3.91. The highest BCUT2D eigenvalue weighted by atomic mass is 15.2. The van der Waals surface area contributed by atoms with Gasteiger partial charge in [0.2, 0.25) is 0 Å². The van der Waals surface area contributed by atoms with Gasteiger partial charge in [0, 0.05) is 13.1 Å². The second-order valence-corrected chi connectivity index (χ2v) is 5.81. The third kappa shape index (κ3) is 2.68. The standard InChI is InChI=1S/C13H22N4/c1-13(2)6-4-10(5-7-13)17(3)12-11(14)8-15-9-16-12/h8-10H,4-7,14H2,1-3H3. The lowest BCUT2D eigenvalue weighted by Crippen LogP contribution is -2.38. The van der Waals surface area contributed by atoms with Crippen molar-refractivity contribution in [3.05, 3.63) is 12.5 Å². The third-order valence-corrected chi connectivity index (χ3v) is 3.91. The lowest BCUT2D eigenvalue weighted by atomic mass is 9.75. The number of hydrogen-bond acceptors (Lipinski definition) is 4. The summed E-state index contributed by atoms with van der Waals surface area (Å²) in [5.74, 6) is 0.865. The summed E-state index contributed by atoms with van der Waals surface area (Å²) < 4.78 is 0. The van der Waals surface area contributed by atoms with Gasteiger partial charge in [-0.15, -0.1) is 0 Å². The highest BCUT2D eigenvalue weighted by molar-refractivity contribution is 5.60. The average molecular weight is 234 g/mol. The van der Waals surface area contributed by atoms with Gasteiger partial charge >= 0.3 is 0 Å². The molecule has 1 heterocycles. The quantitative estimate of drug-likeness (QED) is 0.854. The maximum absolute atomic E-state index is 5.91. The van der Waals surface area contributed by atoms with Crippen LogP contribution in [0.2, 0.25) is 0 Å². The van der Waals surface area contributed by atoms with Crippen LogP contribution in [-0.2, 0) is 0 Å². The number of aromatic nitrogens is 2. The van der Waals surface area contributed by atoms with Crippen molar-refractivity contribution in [2.75, 3.05) is 17.7 Å². The van der Waals surface area contributed by atoms with Crippen molar-refractivity contribution >= 4 is 11.5 Å². The SMILES string of the molecule is CN(c1ncncc1N)C1CCC(C)(C)CC1. The molecule has 2 N–H and O–H groups in total. The number of nitrogen functional groups attached to an aromatic ring is 1. The fourth-order valence-electron chi connectivity index (χ4n) is 2.57. The van der Waals surface area contributed by atoms with Gasteiger partial charge in [0.1, 0.15) is 6.33 Å². The first-order chi connectivity index (χ1) is 7.99. The molecule has 0 saturated heterocycles. The molecular weight excluding hydrogens is 212 g/mol. The van der Waals surface area contributed by atoms with E-state index in [4.69, 9.17) is 5.73 Å². The van der Waals surface area contributed by atoms with E-state index in [1.807, 2.05) is 0 Å². The van der Waals surface area contributed by atoms with Crippen LogP contribution in [0.1, 0.15) is 39.5 Å². The second-order valence-electron chi connectivity index (χ2n) is 5.81. The molecule has 4 nitrogen and oxygen atoms in total. The highest BCUT2D eigenvalue weighted by Gasteiger charge is 2.29. The van der Waals surface area contributed by atoms with Crippen molar-refractivity contribution < 1.29 is 0 Å². The lowest BCUT2D eigenvalue weighted by Gasteiger charge is -2.39. The summed E-state index contributed by atoms with van der Waals surface area (Å²) in [6.07, 6.45) is 8.21. The molecule has 0 bridgehead atoms. The molecule has 1 aromatic heterocycles. The Morgan fingerprint density at radius 2 is 2.00 bits per heavy atom. The molecule has 1 fully saturated rings. The molecule has 0 amide bonds. The Bertz CT molecular complexity index is 379. The number of anilines is 2. The number of nitrogens with two attached hydrogens (primary N) is 1. The van der Waals surface area contributed by atoms with Gasteiger partial charge in [-0.2, -0.15) is 0 Å². The topological polar surface area (TPSA) is 55.0 Å². The van der Waals surface area contributed by atoms with E-state index in [9.17, 15) is 0 Å². The van der Waals surface area contributed by atoms with E-state index in [1.54, 1.807) is 12.5 Å². The molecule has 1 aliphatic rings. The van der Waals surface area contributed by atoms with E-state index in [0.717, 1.165) is 5.82 Å². The maximum atomic E-state index is 5.91. The monoisotopic (exact) mass is 234 g/mol. The predicted octanol–water partition coefficient (Wildman–Crippen LogP) is 2.46. The predicted molar refractivity (Wildman–Crippen MR) is 70.9 cm³/mol. The van der Waals surface area contributed by atoms with Gasteiger partial charge in [-0.3, -0.25) is 0 Å². The van der Waals surface area contributed by atoms with E-state index in [1.165, 1.54) is 25.7 Å². The van der Waals surface area contributed by atoms with E-state index in [-0.39, 0.29) is 0 Å². The van der Waals surface area contributed by atoms with Crippen molar-refractivity contribution in [3.63, 3.8) is 0 Å². The van der Waals surface area contributed by atoms with Gasteiger partial charge in [0.05, 0.1) is 11.9 Å². The van der Waals surface area contributed by atoms with Crippen LogP contribution in [-0.4, -0.2) is 23.1 Å². The average Bonchev–Trinajstić information content (AvgIpc) is 2.29. The van der Waals surface area contributed by atoms with E-state index in [0.29, 0.717) is 17.1 Å². The van der Waals surface area contributed by atoms with Crippen LogP contribution < -0.4 is 10.6 Å². The molecule has 0 unspecified atom stereocenters. The number of nitrogens with zero attached hydrogens (tertiary/aromatic N) is 3. The number of rotatable bonds is 2. The normalized spacial score (nSPS) is 20.2. The highest BCUT2D eigenvalue weighted by Crippen LogP contribution is 2.37. The second kappa shape index (κ2) is 4.51. The van der Waals surface area contributed by atoms with Crippen LogP contribution >= 0.6 is 0 Å². The number of hydrogen-bond donors (Lipinski definition) is 1. The minimum Gasteiger partial charge on any atom is -0.394 e. The molecule has 4 heteroatoms. The van der Waals surface area contributed by atoms with Crippen molar-refractivity contribution in [2.24, 2.45) is 5.41 Å². The molecule has 0 aliphatic heterocycles. The summed E-state index contributed by atoms with van der Waals surface area (Å²) in [6.45, 7) is 4.70. The van der Waals surface area contributed by atoms with Gasteiger partial charge in [-0.1, -0.05) is 13.8 Å². The van der Waals surface area contributed by atoms with E-state index in [2.05, 4.69) is 35.8 Å². The summed E-state index contributed by atoms with van der Waals surface area (Å²) in [6, 6.07) is 0.556. The molecule has 2 rings (SSSR count). The summed E-state index contributed by atoms with van der Waals surface area (Å²) in [4.78, 5) is 10.4. The first kappa shape index (κ1) is 12.1. The fraction of sp³-hybridized carbons (Fsp3) is 0.692. The van der Waals surface area contributed by atoms with Crippen molar-refractivity contribution in [1.29, 1.82) is 0 Å². The Labute approximate surface area is 103 Å². The molecule has 1 aliphatic carbocycles. The van der Waals surface area contributed by atoms with Crippen LogP contribution in [0.4, 0.5) is 11.5 Å². The van der Waals surface area contributed by atoms with Crippen LogP contribution in [0.3, 0.4) is 0 Å². The van der Waals surface area contributed by atoms with Crippen LogP contribution in [0.15, 0.2) is 12.5 Å². The summed E-state index contributed by atoms with van der Waals surface area (Å²) >= 11 is 0. The van der Waals surface area contributed by atoms with Crippen molar-refractivity contribution in [2.45, 2.75) is 45.6 Å². The molecule has 0 radical (unpaired) electrons. The fourth-order valence-corrected chi connectivity index (χ4v) is 2.57. The largest absolute Gasteiger partial charge is 0.394 e. The van der Waals surface area contributed by atoms with Crippen molar-refractivity contribution in [3.8, 4) is 0 Å². The zero-order chi connectivity index (χ0) is 12.5. The molecule has 17 heavy (non-hydrogen) atoms. The van der Waals surface area contributed by atoms with Gasteiger partial charge in [-0.05, 0) is 31.1 Å². The minimum absolute atomic E-state index is 0.495. The summed E-state index contributed by atoms with van der Waals surface area (Å²) in [5.41, 5.74) is 7.08. The minimum atomic E-state index is 0.495. The first-order valence-electron chi connectivity index (χ1n) is 6.28. The van der Waals surface area contributed by atoms with Gasteiger partial charge in [-0.25, -0.2) is 9.97 Å². The van der Waals surface area contributed by atoms with Crippen LogP contribution in [0, 0.1) is 5.41 Å². The first-order valence-corrected chi connectivity index (χ1v) is 6.28. The van der Waals surface area contributed by atoms with Gasteiger partial charge in [0.25, 0.3) is 0 Å². The Balaban J connectivity index is 2.07. The molecular formula is C13H22N4. The van der Waals surface area contributed by atoms with E-state index < -0.39 is 0 Å². The van der Waals surface area contributed by atoms with Crippen LogP contribution in [0.25, 0.3) is 0 Å². The smallest absolute Gasteiger partial charge is 0.155 e. The maximum Gasteiger partial charge on any atom is 0.155 e. The Hall–Kier alpha value is -1.32. The molecule has 94 valence electrons. The molecule has 1 aromatic rings. The van der Waals surface area contributed by atoms with Crippen LogP contribution in [0.5, 0.6) is 0 Å². The van der Waals surface area contributed by atoms with Gasteiger partial charge < -0.3 is 10.6 Å². The lowest BCUT2D eigenvalue weighted by molar-refractivity contribution is 0.222. The summed E-state index contributed by atoms with van der Waals surface area (Å²) in [5, 5.41) is 0. The van der Waals surface area contributed by atoms with Crippen molar-refractivity contribution in [1.82, 2.24) is 9.97 Å². The zero-order valence-electron chi connectivity index (χ0n) is 11.0. The Morgan fingerprint density at radius 3 is 2.59 bits per heavy atom. The van der Waals surface area contributed by atoms with Gasteiger partial charge in [0.15, 0.2) is 5.82 Å². The summed E-state index contributed by atoms with van der Waals surface area (Å²) in [7, 11) is 2.08. The molecule has 0 atom stereocenters. The Kier molecular flexibility index (Phi) is 3.22. The van der Waals surface area contributed by atoms with E-state index >= 15 is 0 Å².